The smallest absolute Gasteiger partial charge is 0.260 e. The third-order valence-corrected chi connectivity index (χ3v) is 4.87. The van der Waals surface area contributed by atoms with Gasteiger partial charge in [-0.15, -0.1) is 0 Å². The van der Waals surface area contributed by atoms with Crippen molar-refractivity contribution in [2.24, 2.45) is 0 Å². The number of nitrogens with one attached hydrogen (secondary N) is 1. The largest absolute Gasteiger partial charge is 0.321 e. The number of benzene rings is 3. The third kappa shape index (κ3) is 3.94. The molecule has 26 heavy (non-hydrogen) atoms. The molecule has 0 aliphatic carbocycles. The van der Waals surface area contributed by atoms with Gasteiger partial charge in [0.15, 0.2) is 0 Å². The van der Waals surface area contributed by atoms with E-state index < -0.39 is 0 Å². The van der Waals surface area contributed by atoms with Crippen LogP contribution in [0.25, 0.3) is 0 Å². The van der Waals surface area contributed by atoms with Crippen LogP contribution in [-0.2, 0) is 0 Å². The minimum absolute atomic E-state index is 0.182. The molecule has 0 atom stereocenters. The van der Waals surface area contributed by atoms with Crippen LogP contribution in [0.2, 0.25) is 0 Å². The zero-order valence-corrected chi connectivity index (χ0v) is 16.3. The minimum atomic E-state index is -0.247. The molecular weight excluding hydrogens is 439 g/mol. The number of para-hydroxylation sites is 2. The Morgan fingerprint density at radius 2 is 1.46 bits per heavy atom. The summed E-state index contributed by atoms with van der Waals surface area (Å²) < 4.78 is 0.978. The number of amides is 2. The Bertz CT molecular complexity index is 942. The van der Waals surface area contributed by atoms with Crippen LogP contribution in [0.15, 0.2) is 78.9 Å². The number of carbonyl (C=O) groups excluding carboxylic acids is 2. The third-order valence-electron chi connectivity index (χ3n) is 3.96. The summed E-state index contributed by atoms with van der Waals surface area (Å²) in [5.74, 6) is -0.430. The van der Waals surface area contributed by atoms with Gasteiger partial charge in [0.2, 0.25) is 0 Å². The molecule has 0 radical (unpaired) electrons. The maximum Gasteiger partial charge on any atom is 0.260 e. The molecular formula is C21H17IN2O2. The van der Waals surface area contributed by atoms with Crippen molar-refractivity contribution in [1.29, 1.82) is 0 Å². The van der Waals surface area contributed by atoms with Crippen LogP contribution >= 0.6 is 22.6 Å². The Kier molecular flexibility index (Phi) is 5.68. The van der Waals surface area contributed by atoms with Gasteiger partial charge in [0.05, 0.1) is 16.9 Å². The molecule has 1 N–H and O–H groups in total. The molecule has 0 aromatic heterocycles. The summed E-state index contributed by atoms with van der Waals surface area (Å²) >= 11 is 2.20. The molecule has 3 aromatic rings. The average Bonchev–Trinajstić information content (AvgIpc) is 2.68. The van der Waals surface area contributed by atoms with E-state index in [1.807, 2.05) is 30.3 Å². The molecule has 0 aliphatic heterocycles. The van der Waals surface area contributed by atoms with Gasteiger partial charge in [0.1, 0.15) is 0 Å². The van der Waals surface area contributed by atoms with Crippen molar-refractivity contribution in [3.63, 3.8) is 0 Å². The Morgan fingerprint density at radius 3 is 2.19 bits per heavy atom. The highest BCUT2D eigenvalue weighted by Gasteiger charge is 2.19. The lowest BCUT2D eigenvalue weighted by Crippen LogP contribution is -2.28. The maximum atomic E-state index is 13.0. The van der Waals surface area contributed by atoms with Gasteiger partial charge in [-0.05, 0) is 59.0 Å². The lowest BCUT2D eigenvalue weighted by Gasteiger charge is -2.20. The SMILES string of the molecule is CN(C(=O)c1ccccc1NC(=O)c1ccccc1)c1ccccc1I. The lowest BCUT2D eigenvalue weighted by atomic mass is 10.1. The van der Waals surface area contributed by atoms with E-state index in [0.717, 1.165) is 9.26 Å². The normalized spacial score (nSPS) is 10.2. The molecule has 2 amide bonds. The van der Waals surface area contributed by atoms with E-state index in [1.54, 1.807) is 60.5 Å². The van der Waals surface area contributed by atoms with Crippen LogP contribution in [0.5, 0.6) is 0 Å². The number of rotatable bonds is 4. The predicted octanol–water partition coefficient (Wildman–Crippen LogP) is 4.82. The van der Waals surface area contributed by atoms with Crippen molar-refractivity contribution >= 4 is 45.8 Å². The summed E-state index contributed by atoms with van der Waals surface area (Å²) in [5.41, 5.74) is 2.30. The molecule has 3 aromatic carbocycles. The standard InChI is InChI=1S/C21H17IN2O2/c1-24(19-14-8-6-12-17(19)22)21(26)16-11-5-7-13-18(16)23-20(25)15-9-3-2-4-10-15/h2-14H,1H3,(H,23,25). The molecule has 0 aliphatic rings. The van der Waals surface area contributed by atoms with Gasteiger partial charge in [0.25, 0.3) is 11.8 Å². The van der Waals surface area contributed by atoms with Crippen LogP contribution in [0, 0.1) is 3.57 Å². The number of hydrogen-bond acceptors (Lipinski definition) is 2. The first-order valence-corrected chi connectivity index (χ1v) is 9.14. The van der Waals surface area contributed by atoms with Crippen LogP contribution in [-0.4, -0.2) is 18.9 Å². The topological polar surface area (TPSA) is 49.4 Å². The summed E-state index contributed by atoms with van der Waals surface area (Å²) in [6.07, 6.45) is 0. The summed E-state index contributed by atoms with van der Waals surface area (Å²) in [6.45, 7) is 0. The molecule has 0 spiro atoms. The molecule has 3 rings (SSSR count). The molecule has 4 nitrogen and oxygen atoms in total. The second-order valence-corrected chi connectivity index (χ2v) is 6.84. The highest BCUT2D eigenvalue weighted by Crippen LogP contribution is 2.25. The van der Waals surface area contributed by atoms with E-state index in [9.17, 15) is 9.59 Å². The Labute approximate surface area is 166 Å². The number of hydrogen-bond donors (Lipinski definition) is 1. The van der Waals surface area contributed by atoms with Crippen LogP contribution in [0.3, 0.4) is 0 Å². The Hall–Kier alpha value is -2.67. The Morgan fingerprint density at radius 1 is 0.846 bits per heavy atom. The van der Waals surface area contributed by atoms with Gasteiger partial charge in [-0.3, -0.25) is 9.59 Å². The summed E-state index contributed by atoms with van der Waals surface area (Å²) in [7, 11) is 1.73. The number of carbonyl (C=O) groups is 2. The zero-order valence-electron chi connectivity index (χ0n) is 14.1. The van der Waals surface area contributed by atoms with Gasteiger partial charge in [0, 0.05) is 16.2 Å². The van der Waals surface area contributed by atoms with E-state index in [-0.39, 0.29) is 11.8 Å². The highest BCUT2D eigenvalue weighted by molar-refractivity contribution is 14.1. The van der Waals surface area contributed by atoms with Crippen LogP contribution < -0.4 is 10.2 Å². The second-order valence-electron chi connectivity index (χ2n) is 5.68. The highest BCUT2D eigenvalue weighted by atomic mass is 127. The molecule has 0 fully saturated rings. The van der Waals surface area contributed by atoms with Crippen molar-refractivity contribution in [3.05, 3.63) is 93.6 Å². The average molecular weight is 456 g/mol. The van der Waals surface area contributed by atoms with Gasteiger partial charge in [-0.2, -0.15) is 0 Å². The lowest BCUT2D eigenvalue weighted by molar-refractivity contribution is 0.0993. The fraction of sp³-hybridized carbons (Fsp3) is 0.0476. The summed E-state index contributed by atoms with van der Waals surface area (Å²) in [5, 5.41) is 2.84. The van der Waals surface area contributed by atoms with Gasteiger partial charge < -0.3 is 10.2 Å². The number of halogens is 1. The zero-order chi connectivity index (χ0) is 18.5. The first-order valence-electron chi connectivity index (χ1n) is 8.06. The second kappa shape index (κ2) is 8.14. The first-order chi connectivity index (χ1) is 12.6. The molecule has 0 heterocycles. The van der Waals surface area contributed by atoms with E-state index in [1.165, 1.54) is 0 Å². The van der Waals surface area contributed by atoms with E-state index in [0.29, 0.717) is 16.8 Å². The number of nitrogens with zero attached hydrogens (tertiary/aromatic N) is 1. The number of anilines is 2. The monoisotopic (exact) mass is 456 g/mol. The van der Waals surface area contributed by atoms with Crippen molar-refractivity contribution in [3.8, 4) is 0 Å². The summed E-state index contributed by atoms with van der Waals surface area (Å²) in [4.78, 5) is 27.0. The summed E-state index contributed by atoms with van der Waals surface area (Å²) in [6, 6.07) is 23.6. The van der Waals surface area contributed by atoms with Gasteiger partial charge >= 0.3 is 0 Å². The molecule has 130 valence electrons. The molecule has 0 unspecified atom stereocenters. The van der Waals surface area contributed by atoms with E-state index >= 15 is 0 Å². The molecule has 0 saturated heterocycles. The van der Waals surface area contributed by atoms with Crippen molar-refractivity contribution in [2.45, 2.75) is 0 Å². The molecule has 0 saturated carbocycles. The fourth-order valence-corrected chi connectivity index (χ4v) is 3.33. The van der Waals surface area contributed by atoms with E-state index in [2.05, 4.69) is 27.9 Å². The van der Waals surface area contributed by atoms with Crippen molar-refractivity contribution < 1.29 is 9.59 Å². The Balaban J connectivity index is 1.88. The van der Waals surface area contributed by atoms with Crippen LogP contribution in [0.4, 0.5) is 11.4 Å². The van der Waals surface area contributed by atoms with E-state index in [4.69, 9.17) is 0 Å². The molecule has 5 heteroatoms. The first kappa shape index (κ1) is 18.1. The quantitative estimate of drug-likeness (QED) is 0.573. The minimum Gasteiger partial charge on any atom is -0.321 e. The molecule has 0 bridgehead atoms. The van der Waals surface area contributed by atoms with Crippen molar-refractivity contribution in [1.82, 2.24) is 0 Å². The van der Waals surface area contributed by atoms with Crippen LogP contribution in [0.1, 0.15) is 20.7 Å². The van der Waals surface area contributed by atoms with Gasteiger partial charge in [-0.1, -0.05) is 42.5 Å². The van der Waals surface area contributed by atoms with Gasteiger partial charge in [-0.25, -0.2) is 0 Å². The fourth-order valence-electron chi connectivity index (χ4n) is 2.58. The van der Waals surface area contributed by atoms with Crippen molar-refractivity contribution in [2.75, 3.05) is 17.3 Å². The predicted molar refractivity (Wildman–Crippen MR) is 113 cm³/mol. The maximum absolute atomic E-state index is 13.0.